The average molecular weight is 311 g/mol. The largest absolute Gasteiger partial charge is 0.244 e. The summed E-state index contributed by atoms with van der Waals surface area (Å²) in [5, 5.41) is 1.08. The summed E-state index contributed by atoms with van der Waals surface area (Å²) < 4.78 is 0. The molecule has 2 aromatic carbocycles. The van der Waals surface area contributed by atoms with Gasteiger partial charge < -0.3 is 0 Å². The molecule has 24 heavy (non-hydrogen) atoms. The van der Waals surface area contributed by atoms with Crippen LogP contribution in [-0.4, -0.2) is 15.0 Å². The Bertz CT molecular complexity index is 1020. The predicted octanol–water partition coefficient (Wildman–Crippen LogP) is 4.98. The summed E-state index contributed by atoms with van der Waals surface area (Å²) in [5.41, 5.74) is 5.94. The molecular formula is C21H17N3. The second kappa shape index (κ2) is 5.85. The lowest BCUT2D eigenvalue weighted by atomic mass is 10.1. The molecule has 116 valence electrons. The number of hydrogen-bond acceptors (Lipinski definition) is 3. The number of nitrogens with zero attached hydrogens (tertiary/aromatic N) is 3. The van der Waals surface area contributed by atoms with Gasteiger partial charge in [-0.3, -0.25) is 0 Å². The lowest BCUT2D eigenvalue weighted by Gasteiger charge is -2.09. The fraction of sp³-hybridized carbons (Fsp3) is 0.0952. The van der Waals surface area contributed by atoms with E-state index < -0.39 is 0 Å². The quantitative estimate of drug-likeness (QED) is 0.524. The van der Waals surface area contributed by atoms with Crippen LogP contribution in [0.2, 0.25) is 0 Å². The molecule has 3 nitrogen and oxygen atoms in total. The molecule has 2 heterocycles. The maximum absolute atomic E-state index is 4.84. The molecule has 3 heteroatoms. The summed E-state index contributed by atoms with van der Waals surface area (Å²) >= 11 is 0. The first-order valence-corrected chi connectivity index (χ1v) is 7.99. The van der Waals surface area contributed by atoms with E-state index in [9.17, 15) is 0 Å². The van der Waals surface area contributed by atoms with Crippen LogP contribution in [0, 0.1) is 13.8 Å². The zero-order valence-corrected chi connectivity index (χ0v) is 13.7. The molecule has 0 aliphatic carbocycles. The van der Waals surface area contributed by atoms with E-state index in [-0.39, 0.29) is 0 Å². The third kappa shape index (κ3) is 2.54. The Hall–Kier alpha value is -3.07. The van der Waals surface area contributed by atoms with Crippen molar-refractivity contribution in [1.82, 2.24) is 15.0 Å². The Kier molecular flexibility index (Phi) is 3.54. The van der Waals surface area contributed by atoms with Crippen LogP contribution in [-0.2, 0) is 0 Å². The van der Waals surface area contributed by atoms with Crippen LogP contribution in [0.4, 0.5) is 0 Å². The minimum atomic E-state index is 0.670. The molecule has 2 aromatic heterocycles. The first-order chi connectivity index (χ1) is 11.7. The summed E-state index contributed by atoms with van der Waals surface area (Å²) in [4.78, 5) is 14.2. The molecule has 0 N–H and O–H groups in total. The van der Waals surface area contributed by atoms with Crippen LogP contribution in [0.1, 0.15) is 11.3 Å². The minimum Gasteiger partial charge on any atom is -0.244 e. The van der Waals surface area contributed by atoms with E-state index in [1.165, 1.54) is 0 Å². The van der Waals surface area contributed by atoms with Gasteiger partial charge in [-0.15, -0.1) is 0 Å². The molecule has 0 atom stereocenters. The molecule has 0 amide bonds. The van der Waals surface area contributed by atoms with Crippen molar-refractivity contribution in [2.24, 2.45) is 0 Å². The molecule has 0 aliphatic heterocycles. The van der Waals surface area contributed by atoms with Gasteiger partial charge in [-0.2, -0.15) is 0 Å². The van der Waals surface area contributed by atoms with Crippen LogP contribution in [0.15, 0.2) is 66.7 Å². The van der Waals surface area contributed by atoms with Crippen molar-refractivity contribution in [3.63, 3.8) is 0 Å². The topological polar surface area (TPSA) is 38.7 Å². The van der Waals surface area contributed by atoms with Gasteiger partial charge in [0.15, 0.2) is 5.82 Å². The molecule has 4 rings (SSSR count). The Labute approximate surface area is 141 Å². The van der Waals surface area contributed by atoms with Gasteiger partial charge in [0.2, 0.25) is 0 Å². The highest BCUT2D eigenvalue weighted by Crippen LogP contribution is 2.25. The van der Waals surface area contributed by atoms with Gasteiger partial charge >= 0.3 is 0 Å². The number of aromatic nitrogens is 3. The van der Waals surface area contributed by atoms with Crippen LogP contribution in [0.5, 0.6) is 0 Å². The Morgan fingerprint density at radius 3 is 2.25 bits per heavy atom. The van der Waals surface area contributed by atoms with E-state index in [1.807, 2.05) is 55.5 Å². The Morgan fingerprint density at radius 2 is 1.42 bits per heavy atom. The van der Waals surface area contributed by atoms with Gasteiger partial charge in [-0.25, -0.2) is 15.0 Å². The smallest absolute Gasteiger partial charge is 0.178 e. The molecule has 0 radical (unpaired) electrons. The SMILES string of the molecule is Cc1ccc(-c2nc(C)c3ccccc3n2)nc1-c1ccccc1. The van der Waals surface area contributed by atoms with E-state index in [1.54, 1.807) is 0 Å². The molecular weight excluding hydrogens is 294 g/mol. The molecule has 0 aliphatic rings. The van der Waals surface area contributed by atoms with Gasteiger partial charge in [-0.1, -0.05) is 54.6 Å². The second-order valence-corrected chi connectivity index (χ2v) is 5.88. The highest BCUT2D eigenvalue weighted by atomic mass is 14.9. The number of benzene rings is 2. The Morgan fingerprint density at radius 1 is 0.667 bits per heavy atom. The number of pyridine rings is 1. The molecule has 0 fully saturated rings. The maximum Gasteiger partial charge on any atom is 0.178 e. The minimum absolute atomic E-state index is 0.670. The van der Waals surface area contributed by atoms with Crippen LogP contribution >= 0.6 is 0 Å². The monoisotopic (exact) mass is 311 g/mol. The van der Waals surface area contributed by atoms with Crippen molar-refractivity contribution in [1.29, 1.82) is 0 Å². The number of para-hydroxylation sites is 1. The molecule has 0 bridgehead atoms. The van der Waals surface area contributed by atoms with E-state index in [2.05, 4.69) is 30.1 Å². The summed E-state index contributed by atoms with van der Waals surface area (Å²) in [6, 6.07) is 22.4. The molecule has 0 saturated carbocycles. The molecule has 0 saturated heterocycles. The second-order valence-electron chi connectivity index (χ2n) is 5.88. The van der Waals surface area contributed by atoms with Crippen molar-refractivity contribution in [2.75, 3.05) is 0 Å². The van der Waals surface area contributed by atoms with Crippen molar-refractivity contribution < 1.29 is 0 Å². The van der Waals surface area contributed by atoms with Crippen molar-refractivity contribution in [2.45, 2.75) is 13.8 Å². The summed E-state index contributed by atoms with van der Waals surface area (Å²) in [7, 11) is 0. The third-order valence-electron chi connectivity index (χ3n) is 4.17. The van der Waals surface area contributed by atoms with Gasteiger partial charge in [0, 0.05) is 16.6 Å². The zero-order chi connectivity index (χ0) is 16.5. The van der Waals surface area contributed by atoms with Gasteiger partial charge in [0.25, 0.3) is 0 Å². The number of fused-ring (bicyclic) bond motifs is 1. The Balaban J connectivity index is 1.89. The third-order valence-corrected chi connectivity index (χ3v) is 4.17. The summed E-state index contributed by atoms with van der Waals surface area (Å²) in [5.74, 6) is 0.670. The molecule has 0 spiro atoms. The van der Waals surface area contributed by atoms with Crippen molar-refractivity contribution in [3.8, 4) is 22.8 Å². The molecule has 4 aromatic rings. The standard InChI is InChI=1S/C21H17N3/c1-14-12-13-19(23-20(14)16-8-4-3-5-9-16)21-22-15(2)17-10-6-7-11-18(17)24-21/h3-13H,1-2H3. The van der Waals surface area contributed by atoms with Crippen molar-refractivity contribution in [3.05, 3.63) is 78.0 Å². The fourth-order valence-electron chi connectivity index (χ4n) is 2.89. The van der Waals surface area contributed by atoms with E-state index in [0.29, 0.717) is 5.82 Å². The normalized spacial score (nSPS) is 10.9. The van der Waals surface area contributed by atoms with E-state index >= 15 is 0 Å². The first-order valence-electron chi connectivity index (χ1n) is 7.99. The van der Waals surface area contributed by atoms with Crippen LogP contribution in [0.3, 0.4) is 0 Å². The predicted molar refractivity (Wildman–Crippen MR) is 97.7 cm³/mol. The number of hydrogen-bond donors (Lipinski definition) is 0. The first kappa shape index (κ1) is 14.5. The highest BCUT2D eigenvalue weighted by molar-refractivity contribution is 5.82. The van der Waals surface area contributed by atoms with Crippen LogP contribution in [0.25, 0.3) is 33.7 Å². The number of rotatable bonds is 2. The van der Waals surface area contributed by atoms with Crippen molar-refractivity contribution >= 4 is 10.9 Å². The highest BCUT2D eigenvalue weighted by Gasteiger charge is 2.11. The average Bonchev–Trinajstić information content (AvgIpc) is 2.63. The number of aryl methyl sites for hydroxylation is 2. The van der Waals surface area contributed by atoms with Gasteiger partial charge in [0.05, 0.1) is 11.2 Å². The molecule has 0 unspecified atom stereocenters. The fourth-order valence-corrected chi connectivity index (χ4v) is 2.89. The lowest BCUT2D eigenvalue weighted by molar-refractivity contribution is 1.12. The maximum atomic E-state index is 4.84. The summed E-state index contributed by atoms with van der Waals surface area (Å²) in [6.07, 6.45) is 0. The van der Waals surface area contributed by atoms with Crippen LogP contribution < -0.4 is 0 Å². The van der Waals surface area contributed by atoms with E-state index in [0.717, 1.165) is 39.1 Å². The zero-order valence-electron chi connectivity index (χ0n) is 13.7. The van der Waals surface area contributed by atoms with Gasteiger partial charge in [-0.05, 0) is 31.5 Å². The van der Waals surface area contributed by atoms with E-state index in [4.69, 9.17) is 9.97 Å². The van der Waals surface area contributed by atoms with Gasteiger partial charge in [0.1, 0.15) is 5.69 Å². The summed E-state index contributed by atoms with van der Waals surface area (Å²) in [6.45, 7) is 4.09. The lowest BCUT2D eigenvalue weighted by Crippen LogP contribution is -1.98.